The summed E-state index contributed by atoms with van der Waals surface area (Å²) < 4.78 is 37.5. The molecule has 1 aliphatic heterocycles. The standard InChI is InChI=1S/C22H29N3O6S/c1-4-25(5-2)32(28,29)17-8-9-19(30-3)18(15-17)21(26)23-16-10-12-24(13-11-16)22(27)20-7-6-14-31-20/h6-9,14-16H,4-5,10-13H2,1-3H3,(H,23,26). The first-order valence-electron chi connectivity index (χ1n) is 10.6. The molecule has 1 N–H and O–H groups in total. The summed E-state index contributed by atoms with van der Waals surface area (Å²) >= 11 is 0. The summed E-state index contributed by atoms with van der Waals surface area (Å²) in [4.78, 5) is 27.1. The number of benzene rings is 1. The zero-order valence-corrected chi connectivity index (χ0v) is 19.4. The van der Waals surface area contributed by atoms with Gasteiger partial charge in [-0.15, -0.1) is 0 Å². The number of amides is 2. The summed E-state index contributed by atoms with van der Waals surface area (Å²) in [6.45, 7) is 5.17. The van der Waals surface area contributed by atoms with Crippen LogP contribution in [0.15, 0.2) is 45.9 Å². The van der Waals surface area contributed by atoms with Gasteiger partial charge in [0.15, 0.2) is 5.76 Å². The van der Waals surface area contributed by atoms with Crippen LogP contribution in [0.2, 0.25) is 0 Å². The zero-order chi connectivity index (χ0) is 23.3. The molecule has 2 amide bonds. The molecule has 0 unspecified atom stereocenters. The van der Waals surface area contributed by atoms with E-state index in [9.17, 15) is 18.0 Å². The predicted octanol–water partition coefficient (Wildman–Crippen LogP) is 2.35. The van der Waals surface area contributed by atoms with Crippen LogP contribution in [0.4, 0.5) is 0 Å². The van der Waals surface area contributed by atoms with Crippen molar-refractivity contribution in [3.63, 3.8) is 0 Å². The summed E-state index contributed by atoms with van der Waals surface area (Å²) in [6.07, 6.45) is 2.62. The van der Waals surface area contributed by atoms with E-state index in [1.807, 2.05) is 0 Å². The molecule has 0 radical (unpaired) electrons. The van der Waals surface area contributed by atoms with Gasteiger partial charge in [0.1, 0.15) is 5.75 Å². The molecule has 0 aliphatic carbocycles. The van der Waals surface area contributed by atoms with Crippen molar-refractivity contribution < 1.29 is 27.2 Å². The summed E-state index contributed by atoms with van der Waals surface area (Å²) in [5, 5.41) is 2.95. The van der Waals surface area contributed by atoms with Crippen molar-refractivity contribution in [3.8, 4) is 5.75 Å². The molecular formula is C22H29N3O6S. The van der Waals surface area contributed by atoms with Crippen LogP contribution in [0.3, 0.4) is 0 Å². The SMILES string of the molecule is CCN(CC)S(=O)(=O)c1ccc(OC)c(C(=O)NC2CCN(C(=O)c3ccco3)CC2)c1. The van der Waals surface area contributed by atoms with Gasteiger partial charge >= 0.3 is 0 Å². The second-order valence-corrected chi connectivity index (χ2v) is 9.41. The van der Waals surface area contributed by atoms with E-state index in [0.717, 1.165) is 0 Å². The van der Waals surface area contributed by atoms with Gasteiger partial charge in [-0.1, -0.05) is 13.8 Å². The number of hydrogen-bond acceptors (Lipinski definition) is 6. The topological polar surface area (TPSA) is 109 Å². The monoisotopic (exact) mass is 463 g/mol. The summed E-state index contributed by atoms with van der Waals surface area (Å²) in [5.41, 5.74) is 0.162. The van der Waals surface area contributed by atoms with Crippen LogP contribution in [-0.2, 0) is 10.0 Å². The predicted molar refractivity (Wildman–Crippen MR) is 118 cm³/mol. The highest BCUT2D eigenvalue weighted by Crippen LogP contribution is 2.25. The molecule has 1 saturated heterocycles. The van der Waals surface area contributed by atoms with Crippen molar-refractivity contribution in [1.82, 2.24) is 14.5 Å². The van der Waals surface area contributed by atoms with Crippen LogP contribution >= 0.6 is 0 Å². The molecule has 10 heteroatoms. The molecule has 2 heterocycles. The number of methoxy groups -OCH3 is 1. The number of nitrogens with zero attached hydrogens (tertiary/aromatic N) is 2. The van der Waals surface area contributed by atoms with Crippen molar-refractivity contribution >= 4 is 21.8 Å². The van der Waals surface area contributed by atoms with E-state index in [1.165, 1.54) is 35.9 Å². The van der Waals surface area contributed by atoms with Gasteiger partial charge in [0, 0.05) is 32.2 Å². The average Bonchev–Trinajstić information content (AvgIpc) is 3.34. The molecule has 1 fully saturated rings. The Hall–Kier alpha value is -2.85. The fourth-order valence-electron chi connectivity index (χ4n) is 3.78. The normalized spacial score (nSPS) is 15.1. The number of sulfonamides is 1. The fourth-order valence-corrected chi connectivity index (χ4v) is 5.27. The van der Waals surface area contributed by atoms with Crippen LogP contribution in [0.1, 0.15) is 47.6 Å². The van der Waals surface area contributed by atoms with Crippen LogP contribution in [0.5, 0.6) is 5.75 Å². The van der Waals surface area contributed by atoms with Crippen LogP contribution in [0.25, 0.3) is 0 Å². The Morgan fingerprint density at radius 1 is 1.19 bits per heavy atom. The smallest absolute Gasteiger partial charge is 0.289 e. The Balaban J connectivity index is 1.70. The molecule has 0 bridgehead atoms. The van der Waals surface area contributed by atoms with E-state index in [1.54, 1.807) is 30.9 Å². The number of furan rings is 1. The Morgan fingerprint density at radius 3 is 2.44 bits per heavy atom. The van der Waals surface area contributed by atoms with Crippen molar-refractivity contribution in [3.05, 3.63) is 47.9 Å². The molecule has 32 heavy (non-hydrogen) atoms. The van der Waals surface area contributed by atoms with E-state index in [0.29, 0.717) is 50.5 Å². The fraction of sp³-hybridized carbons (Fsp3) is 0.455. The first-order chi connectivity index (χ1) is 15.3. The quantitative estimate of drug-likeness (QED) is 0.644. The molecular weight excluding hydrogens is 434 g/mol. The number of hydrogen-bond donors (Lipinski definition) is 1. The Kier molecular flexibility index (Phi) is 7.57. The van der Waals surface area contributed by atoms with Crippen LogP contribution in [-0.4, -0.2) is 68.8 Å². The lowest BCUT2D eigenvalue weighted by molar-refractivity contribution is 0.0667. The van der Waals surface area contributed by atoms with E-state index >= 15 is 0 Å². The van der Waals surface area contributed by atoms with Gasteiger partial charge in [-0.05, 0) is 43.2 Å². The largest absolute Gasteiger partial charge is 0.496 e. The minimum atomic E-state index is -3.71. The van der Waals surface area contributed by atoms with E-state index in [4.69, 9.17) is 9.15 Å². The number of nitrogens with one attached hydrogen (secondary N) is 1. The van der Waals surface area contributed by atoms with Gasteiger partial charge in [-0.2, -0.15) is 4.31 Å². The van der Waals surface area contributed by atoms with Crippen molar-refractivity contribution in [2.24, 2.45) is 0 Å². The maximum Gasteiger partial charge on any atom is 0.289 e. The Bertz CT molecular complexity index is 1040. The third-order valence-corrected chi connectivity index (χ3v) is 7.65. The van der Waals surface area contributed by atoms with Crippen LogP contribution in [0, 0.1) is 0 Å². The minimum Gasteiger partial charge on any atom is -0.496 e. The van der Waals surface area contributed by atoms with Gasteiger partial charge in [0.05, 0.1) is 23.8 Å². The molecule has 9 nitrogen and oxygen atoms in total. The van der Waals surface area contributed by atoms with Crippen molar-refractivity contribution in [2.45, 2.75) is 37.6 Å². The Labute approximate surface area is 188 Å². The van der Waals surface area contributed by atoms with Crippen LogP contribution < -0.4 is 10.1 Å². The highest BCUT2D eigenvalue weighted by atomic mass is 32.2. The molecule has 0 spiro atoms. The number of rotatable bonds is 8. The van der Waals surface area contributed by atoms with E-state index in [2.05, 4.69) is 5.32 Å². The third kappa shape index (κ3) is 4.97. The average molecular weight is 464 g/mol. The molecule has 1 aromatic heterocycles. The molecule has 0 saturated carbocycles. The van der Waals surface area contributed by atoms with Gasteiger partial charge in [-0.25, -0.2) is 8.42 Å². The number of ether oxygens (including phenoxy) is 1. The molecule has 2 aromatic rings. The highest BCUT2D eigenvalue weighted by molar-refractivity contribution is 7.89. The first-order valence-corrected chi connectivity index (χ1v) is 12.1. The summed E-state index contributed by atoms with van der Waals surface area (Å²) in [7, 11) is -2.27. The molecule has 0 atom stereocenters. The molecule has 174 valence electrons. The van der Waals surface area contributed by atoms with E-state index < -0.39 is 15.9 Å². The lowest BCUT2D eigenvalue weighted by Gasteiger charge is -2.32. The summed E-state index contributed by atoms with van der Waals surface area (Å²) in [6, 6.07) is 7.45. The van der Waals surface area contributed by atoms with E-state index in [-0.39, 0.29) is 22.4 Å². The lowest BCUT2D eigenvalue weighted by Crippen LogP contribution is -2.46. The van der Waals surface area contributed by atoms with Gasteiger partial charge in [0.2, 0.25) is 10.0 Å². The van der Waals surface area contributed by atoms with Gasteiger partial charge in [-0.3, -0.25) is 9.59 Å². The highest BCUT2D eigenvalue weighted by Gasteiger charge is 2.28. The summed E-state index contributed by atoms with van der Waals surface area (Å²) in [5.74, 6) is 0.0138. The lowest BCUT2D eigenvalue weighted by atomic mass is 10.0. The minimum absolute atomic E-state index is 0.0472. The second-order valence-electron chi connectivity index (χ2n) is 7.47. The second kappa shape index (κ2) is 10.2. The zero-order valence-electron chi connectivity index (χ0n) is 18.5. The van der Waals surface area contributed by atoms with Gasteiger partial charge < -0.3 is 19.4 Å². The number of likely N-dealkylation sites (tertiary alicyclic amines) is 1. The van der Waals surface area contributed by atoms with Crippen molar-refractivity contribution in [2.75, 3.05) is 33.3 Å². The molecule has 3 rings (SSSR count). The maximum absolute atomic E-state index is 13.0. The van der Waals surface area contributed by atoms with Gasteiger partial charge in [0.25, 0.3) is 11.8 Å². The number of carbonyl (C=O) groups excluding carboxylic acids is 2. The first kappa shape index (κ1) is 23.8. The van der Waals surface area contributed by atoms with Crippen molar-refractivity contribution in [1.29, 1.82) is 0 Å². The Morgan fingerprint density at radius 2 is 1.88 bits per heavy atom. The molecule has 1 aliphatic rings. The molecule has 1 aromatic carbocycles. The number of carbonyl (C=O) groups is 2. The maximum atomic E-state index is 13.0. The third-order valence-electron chi connectivity index (χ3n) is 5.61. The number of piperidine rings is 1.